The van der Waals surface area contributed by atoms with E-state index in [1.165, 1.54) is 38.2 Å². The first-order valence-corrected chi connectivity index (χ1v) is 6.37. The van der Waals surface area contributed by atoms with Crippen LogP contribution >= 0.6 is 0 Å². The quantitative estimate of drug-likeness (QED) is 0.859. The maximum absolute atomic E-state index is 13.5. The van der Waals surface area contributed by atoms with E-state index < -0.39 is 0 Å². The zero-order valence-electron chi connectivity index (χ0n) is 10.3. The second-order valence-corrected chi connectivity index (χ2v) is 4.73. The third-order valence-electron chi connectivity index (χ3n) is 3.48. The fourth-order valence-corrected chi connectivity index (χ4v) is 2.41. The number of anilines is 1. The smallest absolute Gasteiger partial charge is 0.146 e. The number of benzene rings is 1. The molecule has 0 atom stereocenters. The van der Waals surface area contributed by atoms with Crippen molar-refractivity contribution in [2.45, 2.75) is 32.1 Å². The number of ether oxygens (including phenoxy) is 1. The second kappa shape index (κ2) is 5.89. The van der Waals surface area contributed by atoms with E-state index in [1.54, 1.807) is 19.2 Å². The van der Waals surface area contributed by atoms with Gasteiger partial charge in [-0.05, 0) is 30.9 Å². The maximum atomic E-state index is 13.5. The van der Waals surface area contributed by atoms with Gasteiger partial charge < -0.3 is 10.1 Å². The van der Waals surface area contributed by atoms with Crippen LogP contribution in [0.25, 0.3) is 0 Å². The first-order valence-electron chi connectivity index (χ1n) is 6.37. The lowest BCUT2D eigenvalue weighted by Crippen LogP contribution is -2.17. The van der Waals surface area contributed by atoms with Crippen molar-refractivity contribution < 1.29 is 9.13 Å². The molecule has 1 aliphatic carbocycles. The van der Waals surface area contributed by atoms with E-state index >= 15 is 0 Å². The summed E-state index contributed by atoms with van der Waals surface area (Å²) >= 11 is 0. The topological polar surface area (TPSA) is 21.3 Å². The molecule has 0 radical (unpaired) electrons. The number of nitrogens with one attached hydrogen (secondary N) is 1. The molecule has 1 aromatic carbocycles. The summed E-state index contributed by atoms with van der Waals surface area (Å²) in [4.78, 5) is 0. The summed E-state index contributed by atoms with van der Waals surface area (Å²) in [6.07, 6.45) is 6.50. The van der Waals surface area contributed by atoms with Crippen molar-refractivity contribution >= 4 is 5.69 Å². The fourth-order valence-electron chi connectivity index (χ4n) is 2.41. The summed E-state index contributed by atoms with van der Waals surface area (Å²) in [5.74, 6) is 1.17. The SMILES string of the molecule is COc1ccc(F)c(NCC2CCCCC2)c1. The Morgan fingerprint density at radius 2 is 2.06 bits per heavy atom. The summed E-state index contributed by atoms with van der Waals surface area (Å²) in [5.41, 5.74) is 0.551. The fraction of sp³-hybridized carbons (Fsp3) is 0.571. The molecule has 0 unspecified atom stereocenters. The molecule has 1 fully saturated rings. The number of hydrogen-bond acceptors (Lipinski definition) is 2. The Kier molecular flexibility index (Phi) is 4.24. The summed E-state index contributed by atoms with van der Waals surface area (Å²) < 4.78 is 18.6. The number of methoxy groups -OCH3 is 1. The van der Waals surface area contributed by atoms with Crippen LogP contribution in [0.5, 0.6) is 5.75 Å². The second-order valence-electron chi connectivity index (χ2n) is 4.73. The van der Waals surface area contributed by atoms with Crippen LogP contribution in [0.2, 0.25) is 0 Å². The van der Waals surface area contributed by atoms with Gasteiger partial charge in [0.25, 0.3) is 0 Å². The lowest BCUT2D eigenvalue weighted by molar-refractivity contribution is 0.373. The summed E-state index contributed by atoms with van der Waals surface area (Å²) in [6.45, 7) is 0.865. The van der Waals surface area contributed by atoms with Crippen molar-refractivity contribution in [1.29, 1.82) is 0 Å². The van der Waals surface area contributed by atoms with Gasteiger partial charge in [0.2, 0.25) is 0 Å². The van der Waals surface area contributed by atoms with Crippen LogP contribution in [0.4, 0.5) is 10.1 Å². The van der Waals surface area contributed by atoms with E-state index in [1.807, 2.05) is 0 Å². The zero-order valence-corrected chi connectivity index (χ0v) is 10.3. The molecule has 0 amide bonds. The molecular weight excluding hydrogens is 217 g/mol. The normalized spacial score (nSPS) is 16.8. The van der Waals surface area contributed by atoms with E-state index in [9.17, 15) is 4.39 Å². The van der Waals surface area contributed by atoms with Crippen molar-refractivity contribution in [2.75, 3.05) is 19.0 Å². The highest BCUT2D eigenvalue weighted by Crippen LogP contribution is 2.26. The van der Waals surface area contributed by atoms with Crippen molar-refractivity contribution in [2.24, 2.45) is 5.92 Å². The lowest BCUT2D eigenvalue weighted by atomic mass is 9.89. The van der Waals surface area contributed by atoms with Crippen molar-refractivity contribution in [3.63, 3.8) is 0 Å². The Labute approximate surface area is 102 Å². The average molecular weight is 237 g/mol. The Hall–Kier alpha value is -1.25. The summed E-state index contributed by atoms with van der Waals surface area (Å²) in [7, 11) is 1.60. The van der Waals surface area contributed by atoms with Crippen LogP contribution in [-0.4, -0.2) is 13.7 Å². The molecule has 3 heteroatoms. The highest BCUT2D eigenvalue weighted by molar-refractivity contribution is 5.49. The molecular formula is C14H20FNO. The van der Waals surface area contributed by atoms with Gasteiger partial charge in [-0.25, -0.2) is 4.39 Å². The molecule has 0 heterocycles. The van der Waals surface area contributed by atoms with E-state index in [-0.39, 0.29) is 5.82 Å². The molecule has 0 bridgehead atoms. The standard InChI is InChI=1S/C14H20FNO/c1-17-12-7-8-13(15)14(9-12)16-10-11-5-3-2-4-6-11/h7-9,11,16H,2-6,10H2,1H3. The lowest BCUT2D eigenvalue weighted by Gasteiger charge is -2.22. The highest BCUT2D eigenvalue weighted by Gasteiger charge is 2.13. The third kappa shape index (κ3) is 3.35. The Balaban J connectivity index is 1.92. The Morgan fingerprint density at radius 3 is 2.76 bits per heavy atom. The van der Waals surface area contributed by atoms with E-state index in [0.717, 1.165) is 6.54 Å². The van der Waals surface area contributed by atoms with Gasteiger partial charge in [0.15, 0.2) is 0 Å². The minimum atomic E-state index is -0.207. The van der Waals surface area contributed by atoms with Crippen LogP contribution in [0.15, 0.2) is 18.2 Å². The summed E-state index contributed by atoms with van der Waals surface area (Å²) in [5, 5.41) is 3.20. The number of hydrogen-bond donors (Lipinski definition) is 1. The molecule has 1 aliphatic rings. The van der Waals surface area contributed by atoms with Crippen LogP contribution in [0, 0.1) is 11.7 Å². The minimum absolute atomic E-state index is 0.207. The predicted octanol–water partition coefficient (Wildman–Crippen LogP) is 3.83. The van der Waals surface area contributed by atoms with Gasteiger partial charge in [0.1, 0.15) is 11.6 Å². The highest BCUT2D eigenvalue weighted by atomic mass is 19.1. The van der Waals surface area contributed by atoms with Crippen molar-refractivity contribution in [1.82, 2.24) is 0 Å². The molecule has 1 saturated carbocycles. The number of halogens is 1. The molecule has 17 heavy (non-hydrogen) atoms. The van der Waals surface area contributed by atoms with Gasteiger partial charge in [0.05, 0.1) is 12.8 Å². The first kappa shape index (κ1) is 12.2. The van der Waals surface area contributed by atoms with Gasteiger partial charge in [-0.1, -0.05) is 19.3 Å². The maximum Gasteiger partial charge on any atom is 0.146 e. The zero-order chi connectivity index (χ0) is 12.1. The van der Waals surface area contributed by atoms with Crippen molar-refractivity contribution in [3.05, 3.63) is 24.0 Å². The molecule has 94 valence electrons. The molecule has 0 aromatic heterocycles. The van der Waals surface area contributed by atoms with Gasteiger partial charge in [-0.2, -0.15) is 0 Å². The summed E-state index contributed by atoms with van der Waals surface area (Å²) in [6, 6.07) is 4.81. The molecule has 0 spiro atoms. The average Bonchev–Trinajstić information content (AvgIpc) is 2.39. The van der Waals surface area contributed by atoms with Crippen LogP contribution < -0.4 is 10.1 Å². The Bertz CT molecular complexity index is 361. The molecule has 1 aromatic rings. The Morgan fingerprint density at radius 1 is 1.29 bits per heavy atom. The molecule has 0 saturated heterocycles. The predicted molar refractivity (Wildman–Crippen MR) is 68.0 cm³/mol. The van der Waals surface area contributed by atoms with Gasteiger partial charge >= 0.3 is 0 Å². The van der Waals surface area contributed by atoms with Crippen molar-refractivity contribution in [3.8, 4) is 5.75 Å². The van der Waals surface area contributed by atoms with Gasteiger partial charge in [-0.3, -0.25) is 0 Å². The van der Waals surface area contributed by atoms with Gasteiger partial charge in [0, 0.05) is 12.6 Å². The van der Waals surface area contributed by atoms with Crippen LogP contribution in [0.1, 0.15) is 32.1 Å². The van der Waals surface area contributed by atoms with E-state index in [0.29, 0.717) is 17.4 Å². The monoisotopic (exact) mass is 237 g/mol. The number of rotatable bonds is 4. The minimum Gasteiger partial charge on any atom is -0.497 e. The molecule has 2 rings (SSSR count). The molecule has 1 N–H and O–H groups in total. The van der Waals surface area contributed by atoms with E-state index in [4.69, 9.17) is 4.74 Å². The van der Waals surface area contributed by atoms with Crippen LogP contribution in [-0.2, 0) is 0 Å². The van der Waals surface area contributed by atoms with E-state index in [2.05, 4.69) is 5.32 Å². The largest absolute Gasteiger partial charge is 0.497 e. The first-order chi connectivity index (χ1) is 8.29. The third-order valence-corrected chi connectivity index (χ3v) is 3.48. The van der Waals surface area contributed by atoms with Gasteiger partial charge in [-0.15, -0.1) is 0 Å². The molecule has 0 aliphatic heterocycles. The molecule has 2 nitrogen and oxygen atoms in total. The van der Waals surface area contributed by atoms with Crippen LogP contribution in [0.3, 0.4) is 0 Å².